The third-order valence-corrected chi connectivity index (χ3v) is 2.66. The van der Waals surface area contributed by atoms with Gasteiger partial charge < -0.3 is 4.57 Å². The number of non-ortho nitro benzene ring substituents is 1. The second-order valence-electron chi connectivity index (χ2n) is 3.86. The fourth-order valence-electron chi connectivity index (χ4n) is 1.67. The van der Waals surface area contributed by atoms with Gasteiger partial charge in [0.1, 0.15) is 11.8 Å². The maximum Gasteiger partial charge on any atom is 0.269 e. The number of hydrogen-bond donors (Lipinski definition) is 0. The molecule has 0 N–H and O–H groups in total. The third-order valence-electron chi connectivity index (χ3n) is 2.66. The molecule has 0 aliphatic carbocycles. The molecule has 0 bridgehead atoms. The van der Waals surface area contributed by atoms with E-state index in [2.05, 4.69) is 0 Å². The van der Waals surface area contributed by atoms with Crippen molar-refractivity contribution in [1.29, 1.82) is 5.26 Å². The van der Waals surface area contributed by atoms with E-state index in [9.17, 15) is 14.9 Å². The fourth-order valence-corrected chi connectivity index (χ4v) is 1.67. The highest BCUT2D eigenvalue weighted by Gasteiger charge is 2.11. The lowest BCUT2D eigenvalue weighted by molar-refractivity contribution is -0.384. The molecule has 0 radical (unpaired) electrons. The summed E-state index contributed by atoms with van der Waals surface area (Å²) in [6.07, 6.45) is 1.64. The first-order chi connectivity index (χ1) is 9.11. The van der Waals surface area contributed by atoms with Gasteiger partial charge in [-0.25, -0.2) is 0 Å². The van der Waals surface area contributed by atoms with Gasteiger partial charge in [0.05, 0.1) is 11.5 Å². The number of carbonyl (C=O) groups excluding carboxylic acids is 1. The Morgan fingerprint density at radius 3 is 2.58 bits per heavy atom. The predicted molar refractivity (Wildman–Crippen MR) is 66.6 cm³/mol. The number of aromatic nitrogens is 1. The van der Waals surface area contributed by atoms with E-state index < -0.39 is 4.92 Å². The first kappa shape index (κ1) is 12.5. The van der Waals surface area contributed by atoms with Gasteiger partial charge in [-0.3, -0.25) is 14.9 Å². The van der Waals surface area contributed by atoms with Crippen molar-refractivity contribution in [2.45, 2.75) is 6.54 Å². The molecule has 1 aromatic heterocycles. The number of rotatable bonds is 4. The first-order valence-corrected chi connectivity index (χ1v) is 5.44. The zero-order valence-corrected chi connectivity index (χ0v) is 9.81. The molecule has 0 aliphatic heterocycles. The highest BCUT2D eigenvalue weighted by molar-refractivity contribution is 5.96. The molecular weight excluding hydrogens is 246 g/mol. The van der Waals surface area contributed by atoms with Crippen LogP contribution in [0.2, 0.25) is 0 Å². The topological polar surface area (TPSA) is 88.9 Å². The molecule has 19 heavy (non-hydrogen) atoms. The van der Waals surface area contributed by atoms with Crippen molar-refractivity contribution >= 4 is 11.5 Å². The molecule has 0 fully saturated rings. The summed E-state index contributed by atoms with van der Waals surface area (Å²) in [5.41, 5.74) is 0.716. The third kappa shape index (κ3) is 2.66. The van der Waals surface area contributed by atoms with Gasteiger partial charge in [-0.15, -0.1) is 0 Å². The van der Waals surface area contributed by atoms with Crippen molar-refractivity contribution in [2.75, 3.05) is 0 Å². The Bertz CT molecular complexity index is 665. The number of benzene rings is 1. The highest BCUT2D eigenvalue weighted by atomic mass is 16.6. The van der Waals surface area contributed by atoms with Crippen molar-refractivity contribution in [3.05, 3.63) is 64.0 Å². The van der Waals surface area contributed by atoms with Crippen molar-refractivity contribution in [3.8, 4) is 6.07 Å². The van der Waals surface area contributed by atoms with Crippen molar-refractivity contribution in [2.24, 2.45) is 0 Å². The Hall–Kier alpha value is -2.94. The van der Waals surface area contributed by atoms with Gasteiger partial charge in [0.25, 0.3) is 5.69 Å². The molecule has 6 heteroatoms. The molecule has 0 amide bonds. The second-order valence-corrected chi connectivity index (χ2v) is 3.86. The van der Waals surface area contributed by atoms with E-state index >= 15 is 0 Å². The van der Waals surface area contributed by atoms with Gasteiger partial charge in [-0.05, 0) is 24.3 Å². The lowest BCUT2D eigenvalue weighted by Crippen LogP contribution is -2.10. The lowest BCUT2D eigenvalue weighted by Gasteiger charge is -2.04. The normalized spacial score (nSPS) is 9.84. The number of nitrogens with zero attached hydrogens (tertiary/aromatic N) is 3. The van der Waals surface area contributed by atoms with Gasteiger partial charge >= 0.3 is 0 Å². The van der Waals surface area contributed by atoms with Gasteiger partial charge in [-0.2, -0.15) is 5.26 Å². The van der Waals surface area contributed by atoms with Crippen LogP contribution in [0.4, 0.5) is 5.69 Å². The van der Waals surface area contributed by atoms with Crippen LogP contribution in [0.25, 0.3) is 0 Å². The van der Waals surface area contributed by atoms with Gasteiger partial charge in [-0.1, -0.05) is 0 Å². The lowest BCUT2D eigenvalue weighted by atomic mass is 10.1. The average molecular weight is 255 g/mol. The Balaban J connectivity index is 2.17. The van der Waals surface area contributed by atoms with Gasteiger partial charge in [0, 0.05) is 23.9 Å². The van der Waals surface area contributed by atoms with E-state index in [1.165, 1.54) is 28.8 Å². The van der Waals surface area contributed by atoms with Gasteiger partial charge in [0.15, 0.2) is 5.78 Å². The van der Waals surface area contributed by atoms with E-state index in [0.717, 1.165) is 0 Å². The quantitative estimate of drug-likeness (QED) is 0.475. The number of hydrogen-bond acceptors (Lipinski definition) is 4. The zero-order chi connectivity index (χ0) is 13.8. The molecule has 0 atom stereocenters. The smallest absolute Gasteiger partial charge is 0.269 e. The molecular formula is C13H9N3O3. The second kappa shape index (κ2) is 5.14. The van der Waals surface area contributed by atoms with Crippen LogP contribution in [0.3, 0.4) is 0 Å². The summed E-state index contributed by atoms with van der Waals surface area (Å²) >= 11 is 0. The minimum atomic E-state index is -0.520. The number of nitro benzene ring substituents is 1. The van der Waals surface area contributed by atoms with E-state index in [4.69, 9.17) is 5.26 Å². The van der Waals surface area contributed by atoms with Crippen LogP contribution in [0.15, 0.2) is 42.6 Å². The van der Waals surface area contributed by atoms with E-state index in [0.29, 0.717) is 11.3 Å². The number of carbonyl (C=O) groups is 1. The van der Waals surface area contributed by atoms with Crippen LogP contribution in [0, 0.1) is 21.4 Å². The van der Waals surface area contributed by atoms with Crippen LogP contribution in [-0.2, 0) is 6.54 Å². The predicted octanol–water partition coefficient (Wildman–Crippen LogP) is 2.15. The molecule has 0 unspecified atom stereocenters. The standard InChI is InChI=1S/C13H9N3O3/c14-8-12-2-1-7-15(12)9-13(17)10-3-5-11(6-4-10)16(18)19/h1-7H,9H2. The summed E-state index contributed by atoms with van der Waals surface area (Å²) in [6, 6.07) is 10.7. The molecule has 1 aromatic carbocycles. The Kier molecular flexibility index (Phi) is 3.39. The summed E-state index contributed by atoms with van der Waals surface area (Å²) in [4.78, 5) is 21.9. The first-order valence-electron chi connectivity index (χ1n) is 5.44. The van der Waals surface area contributed by atoms with Crippen LogP contribution in [0.1, 0.15) is 16.1 Å². The Labute approximate surface area is 108 Å². The summed E-state index contributed by atoms with van der Waals surface area (Å²) in [6.45, 7) is 0.0354. The summed E-state index contributed by atoms with van der Waals surface area (Å²) in [7, 11) is 0. The zero-order valence-electron chi connectivity index (χ0n) is 9.81. The summed E-state index contributed by atoms with van der Waals surface area (Å²) < 4.78 is 1.53. The largest absolute Gasteiger partial charge is 0.332 e. The fraction of sp³-hybridized carbons (Fsp3) is 0.0769. The molecule has 2 aromatic rings. The van der Waals surface area contributed by atoms with E-state index in [1.807, 2.05) is 6.07 Å². The van der Waals surface area contributed by atoms with Crippen LogP contribution in [0.5, 0.6) is 0 Å². The molecule has 6 nitrogen and oxygen atoms in total. The maximum atomic E-state index is 12.0. The molecule has 94 valence electrons. The Morgan fingerprint density at radius 2 is 2.00 bits per heavy atom. The van der Waals surface area contributed by atoms with Gasteiger partial charge in [0.2, 0.25) is 0 Å². The molecule has 0 saturated carbocycles. The van der Waals surface area contributed by atoms with E-state index in [1.54, 1.807) is 18.3 Å². The molecule has 1 heterocycles. The monoisotopic (exact) mass is 255 g/mol. The number of ketones is 1. The highest BCUT2D eigenvalue weighted by Crippen LogP contribution is 2.13. The molecule has 0 aliphatic rings. The van der Waals surface area contributed by atoms with Crippen LogP contribution in [-0.4, -0.2) is 15.3 Å². The van der Waals surface area contributed by atoms with Crippen molar-refractivity contribution in [1.82, 2.24) is 4.57 Å². The summed E-state index contributed by atoms with van der Waals surface area (Å²) in [5, 5.41) is 19.3. The number of nitro groups is 1. The van der Waals surface area contributed by atoms with Crippen molar-refractivity contribution < 1.29 is 9.72 Å². The van der Waals surface area contributed by atoms with E-state index in [-0.39, 0.29) is 18.0 Å². The molecule has 0 saturated heterocycles. The minimum Gasteiger partial charge on any atom is -0.332 e. The van der Waals surface area contributed by atoms with Crippen LogP contribution >= 0.6 is 0 Å². The van der Waals surface area contributed by atoms with Crippen molar-refractivity contribution in [3.63, 3.8) is 0 Å². The average Bonchev–Trinajstić information content (AvgIpc) is 2.86. The Morgan fingerprint density at radius 1 is 1.32 bits per heavy atom. The minimum absolute atomic E-state index is 0.0354. The number of Topliss-reactive ketones (excluding diaryl/α,β-unsaturated/α-hetero) is 1. The SMILES string of the molecule is N#Cc1cccn1CC(=O)c1ccc([N+](=O)[O-])cc1. The number of nitriles is 1. The molecule has 2 rings (SSSR count). The summed E-state index contributed by atoms with van der Waals surface area (Å²) in [5.74, 6) is -0.206. The molecule has 0 spiro atoms. The maximum absolute atomic E-state index is 12.0. The van der Waals surface area contributed by atoms with Crippen LogP contribution < -0.4 is 0 Å².